The van der Waals surface area contributed by atoms with Gasteiger partial charge in [0.1, 0.15) is 10.7 Å². The zero-order chi connectivity index (χ0) is 19.9. The molecule has 27 heavy (non-hydrogen) atoms. The monoisotopic (exact) mass is 394 g/mol. The summed E-state index contributed by atoms with van der Waals surface area (Å²) >= 11 is 6.10. The average Bonchev–Trinajstić information content (AvgIpc) is 2.85. The molecule has 9 heteroatoms. The number of nitrogens with zero attached hydrogens (tertiary/aromatic N) is 3. The number of imidazole rings is 1. The second kappa shape index (κ2) is 6.86. The maximum atomic E-state index is 13.8. The van der Waals surface area contributed by atoms with E-state index >= 15 is 0 Å². The second-order valence-electron chi connectivity index (χ2n) is 6.85. The summed E-state index contributed by atoms with van der Waals surface area (Å²) in [4.78, 5) is 20.8. The molecule has 142 valence electrons. The van der Waals surface area contributed by atoms with Crippen LogP contribution in [-0.2, 0) is 4.79 Å². The summed E-state index contributed by atoms with van der Waals surface area (Å²) in [6.45, 7) is 4.74. The van der Waals surface area contributed by atoms with Crippen LogP contribution in [0.2, 0.25) is 5.15 Å². The highest BCUT2D eigenvalue weighted by Crippen LogP contribution is 2.27. The molecular weight excluding hydrogens is 378 g/mol. The van der Waals surface area contributed by atoms with Crippen LogP contribution in [0, 0.1) is 18.6 Å². The molecule has 3 rings (SSSR count). The number of carbonyl (C=O) groups excluding carboxylic acids is 1. The number of hydrogen-bond acceptors (Lipinski definition) is 4. The number of anilines is 1. The number of fused-ring (bicyclic) bond motifs is 1. The molecule has 0 saturated heterocycles. The SMILES string of the molecule is Cc1cc2nc(NC(=O)CC(C)(C)O)n(-c3ccc(F)c(F)c3)c2nc1Cl. The molecule has 0 saturated carbocycles. The molecule has 6 nitrogen and oxygen atoms in total. The molecule has 3 aromatic rings. The van der Waals surface area contributed by atoms with Crippen LogP contribution in [0.3, 0.4) is 0 Å². The molecule has 0 radical (unpaired) electrons. The Balaban J connectivity index is 2.17. The van der Waals surface area contributed by atoms with Crippen LogP contribution in [0.4, 0.5) is 14.7 Å². The highest BCUT2D eigenvalue weighted by Gasteiger charge is 2.22. The lowest BCUT2D eigenvalue weighted by molar-refractivity contribution is -0.119. The third-order valence-electron chi connectivity index (χ3n) is 3.77. The van der Waals surface area contributed by atoms with Crippen molar-refractivity contribution in [3.05, 3.63) is 46.6 Å². The number of halogens is 3. The number of pyridine rings is 1. The van der Waals surface area contributed by atoms with E-state index in [0.29, 0.717) is 11.1 Å². The van der Waals surface area contributed by atoms with Crippen molar-refractivity contribution < 1.29 is 18.7 Å². The maximum absolute atomic E-state index is 13.8. The summed E-state index contributed by atoms with van der Waals surface area (Å²) in [6.07, 6.45) is -0.179. The van der Waals surface area contributed by atoms with Gasteiger partial charge in [0.05, 0.1) is 17.7 Å². The van der Waals surface area contributed by atoms with E-state index in [0.717, 1.165) is 12.1 Å². The van der Waals surface area contributed by atoms with Crippen molar-refractivity contribution in [2.45, 2.75) is 32.8 Å². The van der Waals surface area contributed by atoms with Gasteiger partial charge in [-0.3, -0.25) is 14.7 Å². The molecule has 0 spiro atoms. The molecule has 2 aromatic heterocycles. The van der Waals surface area contributed by atoms with E-state index in [1.54, 1.807) is 13.0 Å². The number of rotatable bonds is 4. The van der Waals surface area contributed by atoms with Gasteiger partial charge in [0, 0.05) is 6.07 Å². The summed E-state index contributed by atoms with van der Waals surface area (Å²) in [5.41, 5.74) is 0.354. The highest BCUT2D eigenvalue weighted by atomic mass is 35.5. The first-order valence-corrected chi connectivity index (χ1v) is 8.46. The predicted octanol–water partition coefficient (Wildman–Crippen LogP) is 3.76. The molecule has 0 atom stereocenters. The zero-order valence-electron chi connectivity index (χ0n) is 14.8. The van der Waals surface area contributed by atoms with E-state index < -0.39 is 23.1 Å². The first-order chi connectivity index (χ1) is 12.5. The molecule has 0 aliphatic rings. The third-order valence-corrected chi connectivity index (χ3v) is 4.15. The Bertz CT molecular complexity index is 1040. The summed E-state index contributed by atoms with van der Waals surface area (Å²) in [6, 6.07) is 4.94. The van der Waals surface area contributed by atoms with Crippen molar-refractivity contribution in [3.8, 4) is 5.69 Å². The molecule has 0 aliphatic carbocycles. The molecule has 1 aromatic carbocycles. The highest BCUT2D eigenvalue weighted by molar-refractivity contribution is 6.30. The van der Waals surface area contributed by atoms with Crippen LogP contribution in [0.25, 0.3) is 16.9 Å². The van der Waals surface area contributed by atoms with Crippen LogP contribution < -0.4 is 5.32 Å². The standard InChI is InChI=1S/C18H17ClF2N4O2/c1-9-6-13-16(24-15(9)19)25(10-4-5-11(20)12(21)7-10)17(22-13)23-14(26)8-18(2,3)27/h4-7,27H,8H2,1-3H3,(H,22,23,26). The van der Waals surface area contributed by atoms with E-state index in [9.17, 15) is 18.7 Å². The van der Waals surface area contributed by atoms with E-state index in [1.165, 1.54) is 24.5 Å². The smallest absolute Gasteiger partial charge is 0.229 e. The topological polar surface area (TPSA) is 80.0 Å². The minimum Gasteiger partial charge on any atom is -0.390 e. The number of hydrogen-bond donors (Lipinski definition) is 2. The lowest BCUT2D eigenvalue weighted by Gasteiger charge is -2.16. The Morgan fingerprint density at radius 1 is 1.26 bits per heavy atom. The Morgan fingerprint density at radius 2 is 1.96 bits per heavy atom. The molecule has 2 N–H and O–H groups in total. The van der Waals surface area contributed by atoms with Crippen LogP contribution in [0.15, 0.2) is 24.3 Å². The molecular formula is C18H17ClF2N4O2. The van der Waals surface area contributed by atoms with Gasteiger partial charge in [-0.1, -0.05) is 11.6 Å². The van der Waals surface area contributed by atoms with Gasteiger partial charge in [0.15, 0.2) is 17.3 Å². The van der Waals surface area contributed by atoms with Gasteiger partial charge in [-0.15, -0.1) is 0 Å². The Kier molecular flexibility index (Phi) is 4.88. The van der Waals surface area contributed by atoms with Gasteiger partial charge in [-0.2, -0.15) is 0 Å². The molecule has 0 bridgehead atoms. The summed E-state index contributed by atoms with van der Waals surface area (Å²) in [5, 5.41) is 12.6. The van der Waals surface area contributed by atoms with Crippen molar-refractivity contribution >= 4 is 34.6 Å². The number of benzene rings is 1. The zero-order valence-corrected chi connectivity index (χ0v) is 15.6. The summed E-state index contributed by atoms with van der Waals surface area (Å²) < 4.78 is 28.5. The molecule has 1 amide bonds. The largest absolute Gasteiger partial charge is 0.390 e. The van der Waals surface area contributed by atoms with Crippen molar-refractivity contribution in [3.63, 3.8) is 0 Å². The second-order valence-corrected chi connectivity index (χ2v) is 7.20. The minimum atomic E-state index is -1.22. The number of amides is 1. The molecule has 0 aliphatic heterocycles. The van der Waals surface area contributed by atoms with E-state index in [4.69, 9.17) is 11.6 Å². The van der Waals surface area contributed by atoms with Gasteiger partial charge in [0.25, 0.3) is 0 Å². The minimum absolute atomic E-state index is 0.0550. The fraction of sp³-hybridized carbons (Fsp3) is 0.278. The van der Waals surface area contributed by atoms with E-state index in [2.05, 4.69) is 15.3 Å². The van der Waals surface area contributed by atoms with Crippen LogP contribution >= 0.6 is 11.6 Å². The van der Waals surface area contributed by atoms with Crippen LogP contribution in [0.1, 0.15) is 25.8 Å². The number of nitrogens with one attached hydrogen (secondary N) is 1. The first-order valence-electron chi connectivity index (χ1n) is 8.08. The van der Waals surface area contributed by atoms with Gasteiger partial charge < -0.3 is 5.11 Å². The number of carbonyl (C=O) groups is 1. The number of aliphatic hydroxyl groups is 1. The van der Waals surface area contributed by atoms with Crippen molar-refractivity contribution in [1.82, 2.24) is 14.5 Å². The normalized spacial score (nSPS) is 11.8. The van der Waals surface area contributed by atoms with Crippen LogP contribution in [0.5, 0.6) is 0 Å². The van der Waals surface area contributed by atoms with E-state index in [-0.39, 0.29) is 28.9 Å². The molecule has 0 fully saturated rings. The van der Waals surface area contributed by atoms with Gasteiger partial charge in [-0.25, -0.2) is 18.7 Å². The first kappa shape index (κ1) is 19.2. The maximum Gasteiger partial charge on any atom is 0.229 e. The number of aromatic nitrogens is 3. The molecule has 2 heterocycles. The van der Waals surface area contributed by atoms with Gasteiger partial charge in [0.2, 0.25) is 11.9 Å². The summed E-state index contributed by atoms with van der Waals surface area (Å²) in [5.74, 6) is -2.50. The van der Waals surface area contributed by atoms with Gasteiger partial charge in [-0.05, 0) is 44.5 Å². The van der Waals surface area contributed by atoms with Crippen molar-refractivity contribution in [2.24, 2.45) is 0 Å². The van der Waals surface area contributed by atoms with Gasteiger partial charge >= 0.3 is 0 Å². The summed E-state index contributed by atoms with van der Waals surface area (Å²) in [7, 11) is 0. The lowest BCUT2D eigenvalue weighted by Crippen LogP contribution is -2.28. The average molecular weight is 395 g/mol. The third kappa shape index (κ3) is 4.06. The Morgan fingerprint density at radius 3 is 2.59 bits per heavy atom. The fourth-order valence-corrected chi connectivity index (χ4v) is 2.73. The number of aryl methyl sites for hydroxylation is 1. The van der Waals surface area contributed by atoms with Crippen LogP contribution in [-0.4, -0.2) is 31.1 Å². The Labute approximate surface area is 158 Å². The van der Waals surface area contributed by atoms with Crippen molar-refractivity contribution in [1.29, 1.82) is 0 Å². The molecule has 0 unspecified atom stereocenters. The predicted molar refractivity (Wildman–Crippen MR) is 98.1 cm³/mol. The Hall–Kier alpha value is -2.58. The van der Waals surface area contributed by atoms with E-state index in [1.807, 2.05) is 0 Å². The lowest BCUT2D eigenvalue weighted by atomic mass is 10.1. The van der Waals surface area contributed by atoms with Crippen molar-refractivity contribution in [2.75, 3.05) is 5.32 Å². The quantitative estimate of drug-likeness (QED) is 0.660. The fourth-order valence-electron chi connectivity index (χ4n) is 2.59.